The molecular weight excluding hydrogens is 718 g/mol. The lowest BCUT2D eigenvalue weighted by molar-refractivity contribution is -0.389. The predicted octanol–water partition coefficient (Wildman–Crippen LogP) is 8.97. The summed E-state index contributed by atoms with van der Waals surface area (Å²) in [5, 5.41) is 1.49. The van der Waals surface area contributed by atoms with E-state index in [0.29, 0.717) is 0 Å². The van der Waals surface area contributed by atoms with E-state index in [1.165, 1.54) is 37.5 Å². The van der Waals surface area contributed by atoms with Crippen LogP contribution >= 0.6 is 27.5 Å². The van der Waals surface area contributed by atoms with Gasteiger partial charge in [0.1, 0.15) is 5.15 Å². The van der Waals surface area contributed by atoms with Crippen LogP contribution in [0, 0.1) is 0 Å². The molecule has 0 aliphatic carbocycles. The number of pyridine rings is 1. The number of amides is 2. The molecule has 1 atom stereocenters. The molecule has 0 saturated carbocycles. The number of rotatable bonds is 6. The fraction of sp³-hybridized carbons (Fsp3) is 0.240. The summed E-state index contributed by atoms with van der Waals surface area (Å²) in [4.78, 5) is 30.4. The molecule has 2 amide bonds. The number of anilines is 2. The normalized spacial score (nSPS) is 14.2. The lowest BCUT2D eigenvalue weighted by atomic mass is 9.86. The number of hydrogen-bond donors (Lipinski definition) is 1. The minimum Gasteiger partial charge on any atom is -0.320 e. The van der Waals surface area contributed by atoms with E-state index in [-0.39, 0.29) is 16.4 Å². The van der Waals surface area contributed by atoms with Gasteiger partial charge in [0.2, 0.25) is 0 Å². The van der Waals surface area contributed by atoms with Gasteiger partial charge < -0.3 is 10.2 Å². The van der Waals surface area contributed by atoms with Crippen LogP contribution in [0.3, 0.4) is 0 Å². The molecule has 0 radical (unpaired) electrons. The van der Waals surface area contributed by atoms with Gasteiger partial charge in [-0.15, -0.1) is 0 Å². The van der Waals surface area contributed by atoms with Crippen molar-refractivity contribution in [3.8, 4) is 0 Å². The van der Waals surface area contributed by atoms with Gasteiger partial charge in [-0.3, -0.25) is 9.59 Å². The number of nitrogens with one attached hydrogen (secondary N) is 1. The summed E-state index contributed by atoms with van der Waals surface area (Å²) in [6.07, 6.45) is -18.8. The Morgan fingerprint density at radius 1 is 0.864 bits per heavy atom. The molecular formula is C25H13BrClF12N3O2. The highest BCUT2D eigenvalue weighted by atomic mass is 79.9. The molecule has 44 heavy (non-hydrogen) atoms. The van der Waals surface area contributed by atoms with Crippen LogP contribution in [-0.4, -0.2) is 42.1 Å². The van der Waals surface area contributed by atoms with E-state index < -0.39 is 80.9 Å². The SMILES string of the molecule is CN(C(=O)c1cccnc1Cl)c1cccc(C(=O)Nc2c(Br)cc(C(F)(C(F)(F)F)C(F)(F)C(F)(F)F)cc2C(F)(F)F)c1. The van der Waals surface area contributed by atoms with Crippen LogP contribution in [0.2, 0.25) is 5.15 Å². The molecule has 3 rings (SSSR count). The smallest absolute Gasteiger partial charge is 0.320 e. The van der Waals surface area contributed by atoms with Crippen LogP contribution in [0.1, 0.15) is 31.8 Å². The summed E-state index contributed by atoms with van der Waals surface area (Å²) < 4.78 is 162. The van der Waals surface area contributed by atoms with Crippen molar-refractivity contribution in [2.45, 2.75) is 30.1 Å². The number of benzene rings is 2. The van der Waals surface area contributed by atoms with E-state index in [4.69, 9.17) is 11.6 Å². The van der Waals surface area contributed by atoms with Crippen molar-refractivity contribution in [1.29, 1.82) is 0 Å². The van der Waals surface area contributed by atoms with Crippen LogP contribution in [-0.2, 0) is 11.8 Å². The number of aromatic nitrogens is 1. The van der Waals surface area contributed by atoms with Crippen LogP contribution in [0.4, 0.5) is 64.1 Å². The zero-order valence-corrected chi connectivity index (χ0v) is 23.5. The van der Waals surface area contributed by atoms with Crippen molar-refractivity contribution in [3.05, 3.63) is 86.6 Å². The second-order valence-corrected chi connectivity index (χ2v) is 10.0. The van der Waals surface area contributed by atoms with E-state index >= 15 is 0 Å². The molecule has 0 aliphatic heterocycles. The van der Waals surface area contributed by atoms with Gasteiger partial charge in [0.25, 0.3) is 11.8 Å². The first-order valence-electron chi connectivity index (χ1n) is 11.4. The Balaban J connectivity index is 2.09. The highest BCUT2D eigenvalue weighted by Gasteiger charge is 2.82. The molecule has 0 aliphatic rings. The number of hydrogen-bond acceptors (Lipinski definition) is 3. The second-order valence-electron chi connectivity index (χ2n) is 8.82. The molecule has 1 aromatic heterocycles. The van der Waals surface area contributed by atoms with Crippen LogP contribution in [0.25, 0.3) is 0 Å². The zero-order valence-electron chi connectivity index (χ0n) is 21.2. The van der Waals surface area contributed by atoms with Crippen molar-refractivity contribution in [2.24, 2.45) is 0 Å². The van der Waals surface area contributed by atoms with Gasteiger partial charge in [0, 0.05) is 34.5 Å². The molecule has 0 bridgehead atoms. The molecule has 1 N–H and O–H groups in total. The lowest BCUT2D eigenvalue weighted by Crippen LogP contribution is -2.59. The van der Waals surface area contributed by atoms with Gasteiger partial charge in [-0.05, 0) is 58.4 Å². The van der Waals surface area contributed by atoms with E-state index in [1.807, 2.05) is 0 Å². The predicted molar refractivity (Wildman–Crippen MR) is 135 cm³/mol. The first-order chi connectivity index (χ1) is 19.9. The second kappa shape index (κ2) is 11.8. The lowest BCUT2D eigenvalue weighted by Gasteiger charge is -2.36. The highest BCUT2D eigenvalue weighted by Crippen LogP contribution is 2.59. The zero-order chi connectivity index (χ0) is 33.6. The Bertz CT molecular complexity index is 1590. The van der Waals surface area contributed by atoms with Crippen molar-refractivity contribution in [1.82, 2.24) is 4.98 Å². The molecule has 19 heteroatoms. The van der Waals surface area contributed by atoms with E-state index in [1.54, 1.807) is 5.32 Å². The topological polar surface area (TPSA) is 62.3 Å². The monoisotopic (exact) mass is 729 g/mol. The average molecular weight is 731 g/mol. The van der Waals surface area contributed by atoms with Gasteiger partial charge in [-0.2, -0.15) is 48.3 Å². The number of carbonyl (C=O) groups excluding carboxylic acids is 2. The number of nitrogens with zero attached hydrogens (tertiary/aromatic N) is 2. The third-order valence-electron chi connectivity index (χ3n) is 6.00. The van der Waals surface area contributed by atoms with E-state index in [2.05, 4.69) is 20.9 Å². The molecule has 1 heterocycles. The van der Waals surface area contributed by atoms with Crippen LogP contribution < -0.4 is 10.2 Å². The largest absolute Gasteiger partial charge is 0.457 e. The molecule has 0 fully saturated rings. The van der Waals surface area contributed by atoms with E-state index in [9.17, 15) is 62.3 Å². The molecule has 3 aromatic rings. The fourth-order valence-corrected chi connectivity index (χ4v) is 4.52. The maximum Gasteiger partial charge on any atom is 0.457 e. The quantitative estimate of drug-likeness (QED) is 0.204. The van der Waals surface area contributed by atoms with Crippen LogP contribution in [0.15, 0.2) is 59.2 Å². The molecule has 0 saturated heterocycles. The minimum atomic E-state index is -7.24. The van der Waals surface area contributed by atoms with Gasteiger partial charge in [-0.1, -0.05) is 17.7 Å². The Morgan fingerprint density at radius 3 is 2.00 bits per heavy atom. The van der Waals surface area contributed by atoms with Crippen molar-refractivity contribution in [3.63, 3.8) is 0 Å². The first kappa shape index (κ1) is 34.9. The Labute approximate surface area is 251 Å². The van der Waals surface area contributed by atoms with Crippen LogP contribution in [0.5, 0.6) is 0 Å². The maximum absolute atomic E-state index is 14.9. The summed E-state index contributed by atoms with van der Waals surface area (Å²) in [7, 11) is 1.24. The number of carbonyl (C=O) groups is 2. The van der Waals surface area contributed by atoms with Crippen molar-refractivity contribution < 1.29 is 62.3 Å². The fourth-order valence-electron chi connectivity index (χ4n) is 3.76. The van der Waals surface area contributed by atoms with Gasteiger partial charge >= 0.3 is 30.1 Å². The number of halogens is 14. The summed E-state index contributed by atoms with van der Waals surface area (Å²) in [6.45, 7) is 0. The summed E-state index contributed by atoms with van der Waals surface area (Å²) in [6, 6.07) is 5.92. The molecule has 1 unspecified atom stereocenters. The molecule has 238 valence electrons. The van der Waals surface area contributed by atoms with Crippen molar-refractivity contribution in [2.75, 3.05) is 17.3 Å². The molecule has 5 nitrogen and oxygen atoms in total. The average Bonchev–Trinajstić information content (AvgIpc) is 2.91. The molecule has 0 spiro atoms. The van der Waals surface area contributed by atoms with Gasteiger partial charge in [-0.25, -0.2) is 9.37 Å². The summed E-state index contributed by atoms with van der Waals surface area (Å²) in [5.74, 6) is -9.38. The Kier molecular flexibility index (Phi) is 9.34. The third kappa shape index (κ3) is 6.31. The highest BCUT2D eigenvalue weighted by molar-refractivity contribution is 9.10. The Morgan fingerprint density at radius 2 is 1.48 bits per heavy atom. The summed E-state index contributed by atoms with van der Waals surface area (Å²) >= 11 is 8.21. The van der Waals surface area contributed by atoms with E-state index in [0.717, 1.165) is 17.0 Å². The number of alkyl halides is 12. The first-order valence-corrected chi connectivity index (χ1v) is 12.5. The molecule has 2 aromatic carbocycles. The van der Waals surface area contributed by atoms with Gasteiger partial charge in [0.15, 0.2) is 0 Å². The standard InChI is InChI=1S/C25H13BrClF12N3O2/c1-42(20(44)14-6-3-7-40-18(14)27)13-5-2-4-11(8-13)19(43)41-17-15(22(29,30)31)9-12(10-16(17)26)21(28,24(34,35)36)23(32,33)25(37,38)39/h2-10H,1H3,(H,41,43). The Hall–Kier alpha value is -3.54. The minimum absolute atomic E-state index is 0.0187. The summed E-state index contributed by atoms with van der Waals surface area (Å²) in [5.41, 5.74) is -13.8. The maximum atomic E-state index is 14.9. The third-order valence-corrected chi connectivity index (χ3v) is 6.93. The van der Waals surface area contributed by atoms with Crippen molar-refractivity contribution >= 4 is 50.7 Å². The van der Waals surface area contributed by atoms with Gasteiger partial charge in [0.05, 0.1) is 16.8 Å².